The molecule has 0 fully saturated rings. The first-order chi connectivity index (χ1) is 3.31. The molecule has 0 heterocycles. The Kier molecular flexibility index (Phi) is 3.55. The van der Waals surface area contributed by atoms with Crippen molar-refractivity contribution in [2.75, 3.05) is 13.6 Å². The van der Waals surface area contributed by atoms with E-state index in [1.165, 1.54) is 0 Å². The van der Waals surface area contributed by atoms with Gasteiger partial charge in [0.15, 0.2) is 0 Å². The summed E-state index contributed by atoms with van der Waals surface area (Å²) in [5.41, 5.74) is 10.5. The van der Waals surface area contributed by atoms with Gasteiger partial charge in [-0.15, -0.1) is 0 Å². The number of hydrogen-bond acceptors (Lipinski definition) is 3. The van der Waals surface area contributed by atoms with Crippen molar-refractivity contribution in [1.82, 2.24) is 0 Å². The highest BCUT2D eigenvalue weighted by molar-refractivity contribution is 5.63. The Balaban J connectivity index is 3.16. The molecule has 0 aromatic rings. The summed E-state index contributed by atoms with van der Waals surface area (Å²) >= 11 is 0. The Morgan fingerprint density at radius 2 is 2.43 bits per heavy atom. The molecular formula is C4H11N3. The third kappa shape index (κ3) is 3.42. The van der Waals surface area contributed by atoms with E-state index in [2.05, 4.69) is 4.99 Å². The number of hydrogen-bond donors (Lipinski definition) is 2. The van der Waals surface area contributed by atoms with Crippen molar-refractivity contribution >= 4 is 6.21 Å². The number of nitrogens with two attached hydrogens (primary N) is 2. The maximum atomic E-state index is 5.31. The van der Waals surface area contributed by atoms with Crippen LogP contribution in [-0.2, 0) is 0 Å². The van der Waals surface area contributed by atoms with Gasteiger partial charge in [-0.3, -0.25) is 4.99 Å². The minimum atomic E-state index is -0.0648. The van der Waals surface area contributed by atoms with E-state index in [1.54, 1.807) is 13.3 Å². The summed E-state index contributed by atoms with van der Waals surface area (Å²) in [6.07, 6.45) is 1.62. The third-order valence-electron chi connectivity index (χ3n) is 0.613. The van der Waals surface area contributed by atoms with Gasteiger partial charge >= 0.3 is 0 Å². The molecule has 7 heavy (non-hydrogen) atoms. The molecule has 0 aliphatic heterocycles. The molecular weight excluding hydrogens is 90.1 g/mol. The predicted molar refractivity (Wildman–Crippen MR) is 31.4 cm³/mol. The standard InChI is InChI=1S/C4H11N3/c1-7-3-4(6)2-5/h3-4H,2,5-6H2,1H3/b7-3-. The molecule has 0 rings (SSSR count). The van der Waals surface area contributed by atoms with Crippen molar-refractivity contribution in [3.8, 4) is 0 Å². The molecule has 0 saturated carbocycles. The molecule has 0 aromatic heterocycles. The summed E-state index contributed by atoms with van der Waals surface area (Å²) in [6, 6.07) is -0.0648. The van der Waals surface area contributed by atoms with Crippen molar-refractivity contribution in [2.45, 2.75) is 6.04 Å². The molecule has 0 bridgehead atoms. The van der Waals surface area contributed by atoms with Crippen LogP contribution in [0.2, 0.25) is 0 Å². The van der Waals surface area contributed by atoms with Crippen molar-refractivity contribution in [3.05, 3.63) is 0 Å². The van der Waals surface area contributed by atoms with E-state index in [0.717, 1.165) is 0 Å². The first kappa shape index (κ1) is 6.59. The molecule has 0 aromatic carbocycles. The van der Waals surface area contributed by atoms with Crippen LogP contribution < -0.4 is 11.5 Å². The molecule has 42 valence electrons. The second-order valence-corrected chi connectivity index (χ2v) is 1.31. The summed E-state index contributed by atoms with van der Waals surface area (Å²) < 4.78 is 0. The number of nitrogens with zero attached hydrogens (tertiary/aromatic N) is 1. The van der Waals surface area contributed by atoms with E-state index in [-0.39, 0.29) is 6.04 Å². The van der Waals surface area contributed by atoms with E-state index < -0.39 is 0 Å². The molecule has 4 N–H and O–H groups in total. The molecule has 3 nitrogen and oxygen atoms in total. The van der Waals surface area contributed by atoms with Gasteiger partial charge in [0.25, 0.3) is 0 Å². The fourth-order valence-electron chi connectivity index (χ4n) is 0.252. The van der Waals surface area contributed by atoms with E-state index >= 15 is 0 Å². The molecule has 0 aliphatic rings. The van der Waals surface area contributed by atoms with Crippen LogP contribution in [0.25, 0.3) is 0 Å². The maximum absolute atomic E-state index is 5.31. The SMILES string of the molecule is C/N=C\C(N)CN. The zero-order valence-electron chi connectivity index (χ0n) is 4.46. The van der Waals surface area contributed by atoms with Crippen molar-refractivity contribution < 1.29 is 0 Å². The first-order valence-corrected chi connectivity index (χ1v) is 2.19. The quantitative estimate of drug-likeness (QED) is 0.437. The maximum Gasteiger partial charge on any atom is 0.0519 e. The highest BCUT2D eigenvalue weighted by atomic mass is 14.8. The van der Waals surface area contributed by atoms with Crippen molar-refractivity contribution in [3.63, 3.8) is 0 Å². The Morgan fingerprint density at radius 3 is 2.57 bits per heavy atom. The van der Waals surface area contributed by atoms with Crippen LogP contribution in [0.3, 0.4) is 0 Å². The summed E-state index contributed by atoms with van der Waals surface area (Å²) in [5.74, 6) is 0. The highest BCUT2D eigenvalue weighted by Crippen LogP contribution is 1.62. The van der Waals surface area contributed by atoms with Crippen LogP contribution >= 0.6 is 0 Å². The van der Waals surface area contributed by atoms with Crippen LogP contribution in [0.15, 0.2) is 4.99 Å². The van der Waals surface area contributed by atoms with Gasteiger partial charge in [0.05, 0.1) is 6.04 Å². The second-order valence-electron chi connectivity index (χ2n) is 1.31. The van der Waals surface area contributed by atoms with Gasteiger partial charge in [0.2, 0.25) is 0 Å². The summed E-state index contributed by atoms with van der Waals surface area (Å²) in [7, 11) is 1.68. The van der Waals surface area contributed by atoms with Crippen molar-refractivity contribution in [2.24, 2.45) is 16.5 Å². The predicted octanol–water partition coefficient (Wildman–Crippen LogP) is -1.03. The Labute approximate surface area is 43.4 Å². The fraction of sp³-hybridized carbons (Fsp3) is 0.750. The molecule has 1 atom stereocenters. The lowest BCUT2D eigenvalue weighted by molar-refractivity contribution is 0.874. The van der Waals surface area contributed by atoms with Crippen molar-refractivity contribution in [1.29, 1.82) is 0 Å². The first-order valence-electron chi connectivity index (χ1n) is 2.19. The van der Waals surface area contributed by atoms with Gasteiger partial charge in [0, 0.05) is 19.8 Å². The molecule has 0 saturated heterocycles. The highest BCUT2D eigenvalue weighted by Gasteiger charge is 1.87. The summed E-state index contributed by atoms with van der Waals surface area (Å²) in [4.78, 5) is 3.68. The van der Waals surface area contributed by atoms with Crippen LogP contribution in [-0.4, -0.2) is 25.8 Å². The Hall–Kier alpha value is -0.410. The van der Waals surface area contributed by atoms with E-state index in [4.69, 9.17) is 11.5 Å². The normalized spacial score (nSPS) is 15.3. The van der Waals surface area contributed by atoms with Gasteiger partial charge < -0.3 is 11.5 Å². The van der Waals surface area contributed by atoms with Crippen LogP contribution in [0, 0.1) is 0 Å². The van der Waals surface area contributed by atoms with Crippen LogP contribution in [0.1, 0.15) is 0 Å². The zero-order chi connectivity index (χ0) is 5.70. The van der Waals surface area contributed by atoms with Gasteiger partial charge in [-0.25, -0.2) is 0 Å². The largest absolute Gasteiger partial charge is 0.329 e. The average Bonchev–Trinajstić information content (AvgIpc) is 1.68. The number of aliphatic imine (C=N–C) groups is 1. The molecule has 3 heteroatoms. The van der Waals surface area contributed by atoms with E-state index in [9.17, 15) is 0 Å². The smallest absolute Gasteiger partial charge is 0.0519 e. The molecule has 0 spiro atoms. The van der Waals surface area contributed by atoms with Crippen LogP contribution in [0.5, 0.6) is 0 Å². The fourth-order valence-corrected chi connectivity index (χ4v) is 0.252. The Morgan fingerprint density at radius 1 is 1.86 bits per heavy atom. The van der Waals surface area contributed by atoms with Gasteiger partial charge in [0.1, 0.15) is 0 Å². The summed E-state index contributed by atoms with van der Waals surface area (Å²) in [5, 5.41) is 0. The second kappa shape index (κ2) is 3.77. The van der Waals surface area contributed by atoms with Gasteiger partial charge in [-0.1, -0.05) is 0 Å². The molecule has 1 unspecified atom stereocenters. The lowest BCUT2D eigenvalue weighted by atomic mass is 10.4. The summed E-state index contributed by atoms with van der Waals surface area (Å²) in [6.45, 7) is 0.470. The minimum Gasteiger partial charge on any atom is -0.329 e. The van der Waals surface area contributed by atoms with Gasteiger partial charge in [-0.05, 0) is 0 Å². The third-order valence-corrected chi connectivity index (χ3v) is 0.613. The van der Waals surface area contributed by atoms with Crippen LogP contribution in [0.4, 0.5) is 0 Å². The Bertz CT molecular complexity index is 60.0. The van der Waals surface area contributed by atoms with E-state index in [0.29, 0.717) is 6.54 Å². The minimum absolute atomic E-state index is 0.0648. The molecule has 0 radical (unpaired) electrons. The number of rotatable bonds is 2. The molecule has 0 amide bonds. The average molecular weight is 101 g/mol. The van der Waals surface area contributed by atoms with Gasteiger partial charge in [-0.2, -0.15) is 0 Å². The lowest BCUT2D eigenvalue weighted by Gasteiger charge is -1.95. The molecule has 0 aliphatic carbocycles. The van der Waals surface area contributed by atoms with E-state index in [1.807, 2.05) is 0 Å². The lowest BCUT2D eigenvalue weighted by Crippen LogP contribution is -2.30. The monoisotopic (exact) mass is 101 g/mol. The topological polar surface area (TPSA) is 64.4 Å². The zero-order valence-corrected chi connectivity index (χ0v) is 4.46.